The Labute approximate surface area is 174 Å². The van der Waals surface area contributed by atoms with E-state index in [4.69, 9.17) is 4.52 Å². The number of hydrogen-bond acceptors (Lipinski definition) is 5. The van der Waals surface area contributed by atoms with Gasteiger partial charge in [0.1, 0.15) is 11.4 Å². The molecule has 1 N–H and O–H groups in total. The second-order valence-electron chi connectivity index (χ2n) is 8.17. The Morgan fingerprint density at radius 3 is 2.73 bits per heavy atom. The molecule has 2 aromatic carbocycles. The first kappa shape index (κ1) is 19.1. The molecule has 5 rings (SSSR count). The molecular weight excluding hydrogens is 383 g/mol. The second-order valence-corrected chi connectivity index (χ2v) is 8.17. The number of aromatic nitrogens is 1. The van der Waals surface area contributed by atoms with Crippen LogP contribution in [0.2, 0.25) is 0 Å². The number of nitrogens with zero attached hydrogens (tertiary/aromatic N) is 3. The summed E-state index contributed by atoms with van der Waals surface area (Å²) in [5.41, 5.74) is 2.03. The molecule has 1 amide bonds. The molecule has 0 unspecified atom stereocenters. The highest BCUT2D eigenvalue weighted by molar-refractivity contribution is 5.93. The van der Waals surface area contributed by atoms with Crippen molar-refractivity contribution in [2.75, 3.05) is 31.2 Å². The van der Waals surface area contributed by atoms with Crippen LogP contribution in [0.1, 0.15) is 25.0 Å². The van der Waals surface area contributed by atoms with Crippen molar-refractivity contribution >= 4 is 22.6 Å². The maximum Gasteiger partial charge on any atom is 0.247 e. The number of aryl methyl sites for hydroxylation is 1. The van der Waals surface area contributed by atoms with E-state index < -0.39 is 5.54 Å². The van der Waals surface area contributed by atoms with Gasteiger partial charge in [-0.05, 0) is 56.5 Å². The molecule has 0 atom stereocenters. The monoisotopic (exact) mass is 408 g/mol. The number of fused-ring (bicyclic) bond motifs is 1. The largest absolute Gasteiger partial charge is 0.356 e. The van der Waals surface area contributed by atoms with E-state index in [-0.39, 0.29) is 11.7 Å². The van der Waals surface area contributed by atoms with Gasteiger partial charge in [0, 0.05) is 30.2 Å². The van der Waals surface area contributed by atoms with Gasteiger partial charge in [-0.2, -0.15) is 0 Å². The van der Waals surface area contributed by atoms with Crippen LogP contribution in [0.5, 0.6) is 0 Å². The van der Waals surface area contributed by atoms with Crippen LogP contribution in [0.4, 0.5) is 10.1 Å². The van der Waals surface area contributed by atoms with Crippen LogP contribution in [-0.4, -0.2) is 47.8 Å². The van der Waals surface area contributed by atoms with Crippen LogP contribution in [0.15, 0.2) is 53.1 Å². The summed E-state index contributed by atoms with van der Waals surface area (Å²) >= 11 is 0. The fourth-order valence-electron chi connectivity index (χ4n) is 4.79. The quantitative estimate of drug-likeness (QED) is 0.702. The van der Waals surface area contributed by atoms with E-state index in [1.807, 2.05) is 18.2 Å². The summed E-state index contributed by atoms with van der Waals surface area (Å²) in [5, 5.41) is 8.04. The van der Waals surface area contributed by atoms with Crippen LogP contribution in [0.3, 0.4) is 0 Å². The number of likely N-dealkylation sites (tertiary alicyclic amines) is 1. The highest BCUT2D eigenvalue weighted by atomic mass is 19.1. The molecule has 3 aromatic rings. The van der Waals surface area contributed by atoms with Crippen LogP contribution >= 0.6 is 0 Å². The number of anilines is 1. The van der Waals surface area contributed by atoms with E-state index in [0.717, 1.165) is 62.1 Å². The van der Waals surface area contributed by atoms with Gasteiger partial charge in [0.05, 0.1) is 12.4 Å². The van der Waals surface area contributed by atoms with Crippen molar-refractivity contribution < 1.29 is 13.7 Å². The molecule has 0 radical (unpaired) electrons. The zero-order valence-corrected chi connectivity index (χ0v) is 16.8. The summed E-state index contributed by atoms with van der Waals surface area (Å²) in [4.78, 5) is 17.4. The molecule has 2 aliphatic heterocycles. The van der Waals surface area contributed by atoms with E-state index in [2.05, 4.69) is 32.4 Å². The first-order valence-corrected chi connectivity index (χ1v) is 10.5. The van der Waals surface area contributed by atoms with E-state index in [1.54, 1.807) is 6.07 Å². The van der Waals surface area contributed by atoms with Crippen LogP contribution < -0.4 is 10.2 Å². The van der Waals surface area contributed by atoms with E-state index in [1.165, 1.54) is 12.1 Å². The average Bonchev–Trinajstić information content (AvgIpc) is 3.31. The summed E-state index contributed by atoms with van der Waals surface area (Å²) in [7, 11) is 0. The zero-order chi connectivity index (χ0) is 20.6. The Kier molecular flexibility index (Phi) is 4.90. The molecule has 1 spiro atoms. The molecule has 7 heteroatoms. The highest BCUT2D eigenvalue weighted by Crippen LogP contribution is 2.36. The second kappa shape index (κ2) is 7.72. The summed E-state index contributed by atoms with van der Waals surface area (Å²) in [6, 6.07) is 14.7. The predicted octanol–water partition coefficient (Wildman–Crippen LogP) is 3.33. The van der Waals surface area contributed by atoms with Crippen LogP contribution in [0.25, 0.3) is 11.0 Å². The first-order chi connectivity index (χ1) is 14.7. The lowest BCUT2D eigenvalue weighted by molar-refractivity contribution is -0.125. The number of carbonyl (C=O) groups excluding carboxylic acids is 1. The molecule has 30 heavy (non-hydrogen) atoms. The molecule has 0 bridgehead atoms. The molecule has 156 valence electrons. The van der Waals surface area contributed by atoms with Crippen LogP contribution in [0, 0.1) is 5.82 Å². The average molecular weight is 408 g/mol. The highest BCUT2D eigenvalue weighted by Gasteiger charge is 2.50. The number of piperidine rings is 1. The molecule has 6 nitrogen and oxygen atoms in total. The van der Waals surface area contributed by atoms with Crippen molar-refractivity contribution in [2.45, 2.75) is 31.2 Å². The zero-order valence-electron chi connectivity index (χ0n) is 16.8. The number of para-hydroxylation sites is 1. The van der Waals surface area contributed by atoms with E-state index in [9.17, 15) is 9.18 Å². The van der Waals surface area contributed by atoms with Gasteiger partial charge in [-0.25, -0.2) is 4.39 Å². The minimum absolute atomic E-state index is 0.146. The van der Waals surface area contributed by atoms with Gasteiger partial charge in [0.15, 0.2) is 5.58 Å². The van der Waals surface area contributed by atoms with Gasteiger partial charge < -0.3 is 19.6 Å². The first-order valence-electron chi connectivity index (χ1n) is 10.5. The van der Waals surface area contributed by atoms with Gasteiger partial charge >= 0.3 is 0 Å². The van der Waals surface area contributed by atoms with Crippen molar-refractivity contribution in [2.24, 2.45) is 0 Å². The summed E-state index contributed by atoms with van der Waals surface area (Å²) in [6.07, 6.45) is 3.37. The summed E-state index contributed by atoms with van der Waals surface area (Å²) in [6.45, 7) is 3.30. The number of hydrogen-bond donors (Lipinski definition) is 1. The Hall–Kier alpha value is -2.93. The van der Waals surface area contributed by atoms with Crippen LogP contribution in [-0.2, 0) is 11.2 Å². The molecule has 0 aliphatic carbocycles. The SMILES string of the molecule is O=C1NCN(c2ccccc2)C12CCN(CCCc1noc3cc(F)ccc13)CC2. The third kappa shape index (κ3) is 3.33. The number of benzene rings is 2. The Balaban J connectivity index is 1.19. The maximum atomic E-state index is 13.3. The van der Waals surface area contributed by atoms with Gasteiger partial charge in [-0.3, -0.25) is 4.79 Å². The summed E-state index contributed by atoms with van der Waals surface area (Å²) in [5.74, 6) is -0.166. The van der Waals surface area contributed by atoms with E-state index in [0.29, 0.717) is 12.3 Å². The molecular formula is C23H25FN4O2. The van der Waals surface area contributed by atoms with Crippen molar-refractivity contribution in [3.05, 3.63) is 60.0 Å². The van der Waals surface area contributed by atoms with Crippen molar-refractivity contribution in [1.29, 1.82) is 0 Å². The Bertz CT molecular complexity index is 1040. The van der Waals surface area contributed by atoms with Crippen molar-refractivity contribution in [3.63, 3.8) is 0 Å². The lowest BCUT2D eigenvalue weighted by atomic mass is 9.85. The topological polar surface area (TPSA) is 61.6 Å². The number of rotatable bonds is 5. The number of carbonyl (C=O) groups is 1. The number of nitrogens with one attached hydrogen (secondary N) is 1. The van der Waals surface area contributed by atoms with Gasteiger partial charge in [-0.1, -0.05) is 23.4 Å². The lowest BCUT2D eigenvalue weighted by Gasteiger charge is -2.43. The van der Waals surface area contributed by atoms with Gasteiger partial charge in [-0.15, -0.1) is 0 Å². The third-order valence-electron chi connectivity index (χ3n) is 6.48. The molecule has 2 aliphatic rings. The molecule has 2 saturated heterocycles. The molecule has 3 heterocycles. The Morgan fingerprint density at radius 1 is 1.13 bits per heavy atom. The summed E-state index contributed by atoms with van der Waals surface area (Å²) < 4.78 is 18.6. The molecule has 0 saturated carbocycles. The normalized spacial score (nSPS) is 19.0. The molecule has 1 aromatic heterocycles. The molecule has 2 fully saturated rings. The third-order valence-corrected chi connectivity index (χ3v) is 6.48. The van der Waals surface area contributed by atoms with Gasteiger partial charge in [0.25, 0.3) is 0 Å². The predicted molar refractivity (Wildman–Crippen MR) is 113 cm³/mol. The van der Waals surface area contributed by atoms with Crippen molar-refractivity contribution in [1.82, 2.24) is 15.4 Å². The number of amides is 1. The fourth-order valence-corrected chi connectivity index (χ4v) is 4.79. The lowest BCUT2D eigenvalue weighted by Crippen LogP contribution is -2.56. The minimum Gasteiger partial charge on any atom is -0.356 e. The van der Waals surface area contributed by atoms with E-state index >= 15 is 0 Å². The minimum atomic E-state index is -0.440. The fraction of sp³-hybridized carbons (Fsp3) is 0.391. The number of halogens is 1. The van der Waals surface area contributed by atoms with Crippen molar-refractivity contribution in [3.8, 4) is 0 Å². The standard InChI is InChI=1S/C23H25FN4O2/c24-17-8-9-19-20(26-30-21(19)15-17)7-4-12-27-13-10-23(11-14-27)22(29)25-16-28(23)18-5-2-1-3-6-18/h1-3,5-6,8-9,15H,4,7,10-14,16H2,(H,25,29). The smallest absolute Gasteiger partial charge is 0.247 e. The Morgan fingerprint density at radius 2 is 1.93 bits per heavy atom. The van der Waals surface area contributed by atoms with Gasteiger partial charge in [0.2, 0.25) is 5.91 Å². The maximum absolute atomic E-state index is 13.3.